The van der Waals surface area contributed by atoms with Crippen molar-refractivity contribution in [2.75, 3.05) is 0 Å². The Labute approximate surface area is 128 Å². The predicted octanol–water partition coefficient (Wildman–Crippen LogP) is 4.07. The summed E-state index contributed by atoms with van der Waals surface area (Å²) in [7, 11) is 0. The Hall–Kier alpha value is -1.55. The second kappa shape index (κ2) is 5.02. The maximum Gasteiger partial charge on any atom is 0.303 e. The predicted molar refractivity (Wildman–Crippen MR) is 82.8 cm³/mol. The van der Waals surface area contributed by atoms with Gasteiger partial charge in [-0.2, -0.15) is 0 Å². The lowest BCUT2D eigenvalue weighted by molar-refractivity contribution is -0.139. The highest BCUT2D eigenvalue weighted by Crippen LogP contribution is 2.40. The van der Waals surface area contributed by atoms with Gasteiger partial charge in [0.25, 0.3) is 0 Å². The number of halogens is 1. The molecule has 0 spiro atoms. The van der Waals surface area contributed by atoms with Gasteiger partial charge in [-0.3, -0.25) is 4.79 Å². The van der Waals surface area contributed by atoms with Crippen LogP contribution in [-0.2, 0) is 11.2 Å². The third-order valence-corrected chi connectivity index (χ3v) is 4.14. The largest absolute Gasteiger partial charge is 0.481 e. The number of hydrogen-bond donors (Lipinski definition) is 1. The van der Waals surface area contributed by atoms with E-state index in [1.54, 1.807) is 0 Å². The molecule has 0 unspecified atom stereocenters. The number of carbonyl (C=O) groups is 1. The summed E-state index contributed by atoms with van der Waals surface area (Å²) in [6, 6.07) is 6.28. The highest BCUT2D eigenvalue weighted by molar-refractivity contribution is 6.31. The monoisotopic (exact) mass is 306 g/mol. The molecule has 0 bridgehead atoms. The van der Waals surface area contributed by atoms with E-state index in [1.165, 1.54) is 12.8 Å². The number of imidazole rings is 1. The molecule has 5 heteroatoms. The SMILES string of the molecule is CC(C)(CC(=O)O)Cc1nc2cc(Cl)ccc2n1C1CC1. The summed E-state index contributed by atoms with van der Waals surface area (Å²) in [5.41, 5.74) is 1.68. The van der Waals surface area contributed by atoms with Crippen LogP contribution in [0.3, 0.4) is 0 Å². The molecule has 1 aliphatic rings. The molecule has 4 nitrogen and oxygen atoms in total. The van der Waals surface area contributed by atoms with Crippen LogP contribution in [0.5, 0.6) is 0 Å². The Morgan fingerprint density at radius 1 is 1.48 bits per heavy atom. The molecule has 1 saturated carbocycles. The zero-order valence-corrected chi connectivity index (χ0v) is 13.0. The van der Waals surface area contributed by atoms with Crippen molar-refractivity contribution in [1.82, 2.24) is 9.55 Å². The van der Waals surface area contributed by atoms with Gasteiger partial charge in [-0.15, -0.1) is 0 Å². The molecule has 0 aliphatic heterocycles. The summed E-state index contributed by atoms with van der Waals surface area (Å²) in [6.45, 7) is 3.95. The van der Waals surface area contributed by atoms with Crippen molar-refractivity contribution >= 4 is 28.6 Å². The fourth-order valence-corrected chi connectivity index (χ4v) is 3.05. The minimum Gasteiger partial charge on any atom is -0.481 e. The highest BCUT2D eigenvalue weighted by Gasteiger charge is 2.31. The summed E-state index contributed by atoms with van der Waals surface area (Å²) in [5, 5.41) is 9.73. The minimum atomic E-state index is -0.767. The number of hydrogen-bond acceptors (Lipinski definition) is 2. The third-order valence-electron chi connectivity index (χ3n) is 3.90. The van der Waals surface area contributed by atoms with E-state index in [-0.39, 0.29) is 11.8 Å². The van der Waals surface area contributed by atoms with Crippen LogP contribution in [0.15, 0.2) is 18.2 Å². The van der Waals surface area contributed by atoms with E-state index in [0.717, 1.165) is 16.9 Å². The van der Waals surface area contributed by atoms with Gasteiger partial charge in [0, 0.05) is 17.5 Å². The normalized spacial score (nSPS) is 15.6. The molecule has 1 aliphatic carbocycles. The molecule has 1 aromatic heterocycles. The zero-order valence-electron chi connectivity index (χ0n) is 12.3. The Bertz CT molecular complexity index is 702. The standard InChI is InChI=1S/C16H19ClN2O2/c1-16(2,9-15(20)21)8-14-18-12-7-10(17)3-6-13(12)19(14)11-4-5-11/h3,6-7,11H,4-5,8-9H2,1-2H3,(H,20,21). The number of rotatable bonds is 5. The molecule has 0 saturated heterocycles. The molecule has 1 heterocycles. The van der Waals surface area contributed by atoms with Gasteiger partial charge in [0.2, 0.25) is 0 Å². The first kappa shape index (κ1) is 14.4. The lowest BCUT2D eigenvalue weighted by atomic mass is 9.85. The van der Waals surface area contributed by atoms with Gasteiger partial charge in [-0.25, -0.2) is 4.98 Å². The fourth-order valence-electron chi connectivity index (χ4n) is 2.89. The maximum absolute atomic E-state index is 11.0. The Balaban J connectivity index is 2.01. The van der Waals surface area contributed by atoms with Crippen LogP contribution in [0.2, 0.25) is 5.02 Å². The molecule has 1 N–H and O–H groups in total. The second-order valence-electron chi connectivity index (χ2n) is 6.67. The first-order chi connectivity index (χ1) is 9.85. The van der Waals surface area contributed by atoms with Crippen LogP contribution in [0.25, 0.3) is 11.0 Å². The van der Waals surface area contributed by atoms with E-state index < -0.39 is 5.97 Å². The van der Waals surface area contributed by atoms with Crippen molar-refractivity contribution in [3.63, 3.8) is 0 Å². The number of benzene rings is 1. The van der Waals surface area contributed by atoms with E-state index in [2.05, 4.69) is 4.57 Å². The van der Waals surface area contributed by atoms with Crippen molar-refractivity contribution in [2.45, 2.75) is 45.6 Å². The molecule has 0 radical (unpaired) electrons. The molecular weight excluding hydrogens is 288 g/mol. The van der Waals surface area contributed by atoms with Crippen molar-refractivity contribution in [3.8, 4) is 0 Å². The van der Waals surface area contributed by atoms with E-state index in [4.69, 9.17) is 21.7 Å². The van der Waals surface area contributed by atoms with Gasteiger partial charge >= 0.3 is 5.97 Å². The van der Waals surface area contributed by atoms with Gasteiger partial charge in [0.1, 0.15) is 5.82 Å². The summed E-state index contributed by atoms with van der Waals surface area (Å²) in [5.74, 6) is 0.207. The smallest absolute Gasteiger partial charge is 0.303 e. The van der Waals surface area contributed by atoms with E-state index in [0.29, 0.717) is 17.5 Å². The Morgan fingerprint density at radius 2 is 2.19 bits per heavy atom. The van der Waals surface area contributed by atoms with Crippen molar-refractivity contribution in [1.29, 1.82) is 0 Å². The first-order valence-electron chi connectivity index (χ1n) is 7.24. The number of carboxylic acid groups (broad SMARTS) is 1. The lowest BCUT2D eigenvalue weighted by Gasteiger charge is -2.22. The maximum atomic E-state index is 11.0. The summed E-state index contributed by atoms with van der Waals surface area (Å²) in [6.07, 6.45) is 3.13. The van der Waals surface area contributed by atoms with Crippen molar-refractivity contribution < 1.29 is 9.90 Å². The molecule has 21 heavy (non-hydrogen) atoms. The summed E-state index contributed by atoms with van der Waals surface area (Å²) in [4.78, 5) is 15.7. The average Bonchev–Trinajstić information content (AvgIpc) is 3.09. The van der Waals surface area contributed by atoms with Gasteiger partial charge in [0.05, 0.1) is 17.5 Å². The van der Waals surface area contributed by atoms with Crippen LogP contribution in [0.1, 0.15) is 45.0 Å². The quantitative estimate of drug-likeness (QED) is 0.906. The van der Waals surface area contributed by atoms with Crippen LogP contribution in [-0.4, -0.2) is 20.6 Å². The molecular formula is C16H19ClN2O2. The van der Waals surface area contributed by atoms with Gasteiger partial charge in [-0.1, -0.05) is 25.4 Å². The van der Waals surface area contributed by atoms with E-state index >= 15 is 0 Å². The topological polar surface area (TPSA) is 55.1 Å². The molecule has 112 valence electrons. The molecule has 1 fully saturated rings. The first-order valence-corrected chi connectivity index (χ1v) is 7.62. The van der Waals surface area contributed by atoms with Gasteiger partial charge in [-0.05, 0) is 36.5 Å². The third kappa shape index (κ3) is 3.05. The number of aliphatic carboxylic acids is 1. The lowest BCUT2D eigenvalue weighted by Crippen LogP contribution is -2.21. The van der Waals surface area contributed by atoms with E-state index in [9.17, 15) is 4.79 Å². The number of nitrogens with zero attached hydrogens (tertiary/aromatic N) is 2. The highest BCUT2D eigenvalue weighted by atomic mass is 35.5. The molecule has 1 aromatic carbocycles. The summed E-state index contributed by atoms with van der Waals surface area (Å²) >= 11 is 6.05. The Morgan fingerprint density at radius 3 is 2.81 bits per heavy atom. The molecule has 3 rings (SSSR count). The average molecular weight is 307 g/mol. The number of carboxylic acids is 1. The van der Waals surface area contributed by atoms with Crippen molar-refractivity contribution in [2.24, 2.45) is 5.41 Å². The van der Waals surface area contributed by atoms with Crippen LogP contribution < -0.4 is 0 Å². The van der Waals surface area contributed by atoms with Crippen molar-refractivity contribution in [3.05, 3.63) is 29.0 Å². The second-order valence-corrected chi connectivity index (χ2v) is 7.11. The summed E-state index contributed by atoms with van der Waals surface area (Å²) < 4.78 is 2.27. The van der Waals surface area contributed by atoms with E-state index in [1.807, 2.05) is 32.0 Å². The minimum absolute atomic E-state index is 0.141. The Kier molecular flexibility index (Phi) is 3.44. The zero-order chi connectivity index (χ0) is 15.2. The molecule has 0 amide bonds. The molecule has 2 aromatic rings. The van der Waals surface area contributed by atoms with Crippen LogP contribution in [0, 0.1) is 5.41 Å². The van der Waals surface area contributed by atoms with Gasteiger partial charge < -0.3 is 9.67 Å². The fraction of sp³-hybridized carbons (Fsp3) is 0.500. The van der Waals surface area contributed by atoms with Gasteiger partial charge in [0.15, 0.2) is 0 Å². The van der Waals surface area contributed by atoms with Crippen LogP contribution >= 0.6 is 11.6 Å². The molecule has 0 atom stereocenters. The number of fused-ring (bicyclic) bond motifs is 1. The number of aromatic nitrogens is 2. The van der Waals surface area contributed by atoms with Crippen LogP contribution in [0.4, 0.5) is 0 Å².